The maximum absolute atomic E-state index is 12.1. The Bertz CT molecular complexity index is 520. The molecule has 2 fully saturated rings. The molecule has 0 nitrogen and oxygen atoms in total. The molecule has 0 saturated heterocycles. The van der Waals surface area contributed by atoms with Crippen molar-refractivity contribution in [1.29, 1.82) is 0 Å². The van der Waals surface area contributed by atoms with Crippen LogP contribution < -0.4 is 0 Å². The van der Waals surface area contributed by atoms with Crippen molar-refractivity contribution in [3.05, 3.63) is 47.0 Å². The van der Waals surface area contributed by atoms with Gasteiger partial charge in [0.1, 0.15) is 0 Å². The Morgan fingerprint density at radius 3 is 2.08 bits per heavy atom. The van der Waals surface area contributed by atoms with E-state index in [1.54, 1.807) is 0 Å². The maximum atomic E-state index is 12.1. The van der Waals surface area contributed by atoms with Crippen molar-refractivity contribution in [2.24, 2.45) is 17.8 Å². The molecular formula is C23H32ClF. The third-order valence-electron chi connectivity index (χ3n) is 6.51. The monoisotopic (exact) mass is 362 g/mol. The van der Waals surface area contributed by atoms with E-state index in [4.69, 9.17) is 11.6 Å². The normalized spacial score (nSPS) is 30.6. The van der Waals surface area contributed by atoms with E-state index in [-0.39, 0.29) is 6.67 Å². The summed E-state index contributed by atoms with van der Waals surface area (Å²) < 4.78 is 12.1. The highest BCUT2D eigenvalue weighted by Crippen LogP contribution is 2.44. The van der Waals surface area contributed by atoms with E-state index in [2.05, 4.69) is 24.3 Å². The van der Waals surface area contributed by atoms with Gasteiger partial charge >= 0.3 is 0 Å². The minimum Gasteiger partial charge on any atom is -0.251 e. The molecule has 0 atom stereocenters. The fourth-order valence-electron chi connectivity index (χ4n) is 4.95. The first-order valence-corrected chi connectivity index (χ1v) is 10.6. The van der Waals surface area contributed by atoms with Crippen LogP contribution in [0.1, 0.15) is 75.7 Å². The molecule has 0 spiro atoms. The van der Waals surface area contributed by atoms with Gasteiger partial charge in [0.15, 0.2) is 0 Å². The van der Waals surface area contributed by atoms with Gasteiger partial charge in [-0.3, -0.25) is 4.39 Å². The predicted molar refractivity (Wildman–Crippen MR) is 106 cm³/mol. The second-order valence-electron chi connectivity index (χ2n) is 8.10. The molecule has 2 aliphatic carbocycles. The highest BCUT2D eigenvalue weighted by Gasteiger charge is 2.30. The summed E-state index contributed by atoms with van der Waals surface area (Å²) in [6.07, 6.45) is 17.1. The quantitative estimate of drug-likeness (QED) is 0.358. The number of rotatable bonds is 6. The van der Waals surface area contributed by atoms with Gasteiger partial charge in [0.25, 0.3) is 0 Å². The van der Waals surface area contributed by atoms with E-state index in [9.17, 15) is 4.39 Å². The van der Waals surface area contributed by atoms with Crippen LogP contribution in [-0.2, 0) is 0 Å². The summed E-state index contributed by atoms with van der Waals surface area (Å²) in [5.41, 5.74) is 1.48. The number of alkyl halides is 1. The third kappa shape index (κ3) is 5.58. The molecule has 138 valence electrons. The molecule has 0 heterocycles. The van der Waals surface area contributed by atoms with E-state index in [1.807, 2.05) is 12.1 Å². The van der Waals surface area contributed by atoms with E-state index < -0.39 is 0 Å². The summed E-state index contributed by atoms with van der Waals surface area (Å²) in [6.45, 7) is -0.185. The Balaban J connectivity index is 1.40. The van der Waals surface area contributed by atoms with Crippen LogP contribution in [0.3, 0.4) is 0 Å². The molecule has 1 aromatic rings. The fraction of sp³-hybridized carbons (Fsp3) is 0.652. The van der Waals surface area contributed by atoms with E-state index in [0.29, 0.717) is 6.42 Å². The zero-order valence-corrected chi connectivity index (χ0v) is 16.1. The summed E-state index contributed by atoms with van der Waals surface area (Å²) >= 11 is 6.01. The zero-order chi connectivity index (χ0) is 17.5. The first kappa shape index (κ1) is 19.0. The van der Waals surface area contributed by atoms with E-state index >= 15 is 0 Å². The van der Waals surface area contributed by atoms with Crippen molar-refractivity contribution in [3.8, 4) is 0 Å². The molecular weight excluding hydrogens is 331 g/mol. The third-order valence-corrected chi connectivity index (χ3v) is 6.76. The van der Waals surface area contributed by atoms with Gasteiger partial charge in [-0.25, -0.2) is 0 Å². The minimum atomic E-state index is -0.185. The topological polar surface area (TPSA) is 0 Å². The van der Waals surface area contributed by atoms with Crippen LogP contribution >= 0.6 is 11.6 Å². The standard InChI is InChI=1S/C23H32ClF/c24-23-15-13-22(14-16-23)21-11-9-20(10-12-21)19-7-5-18(6-8-19)4-2-1-3-17-25/h2,4,13-16,18-21H,1,3,5-12,17H2/t18-,19-,20-,21-. The van der Waals surface area contributed by atoms with E-state index in [0.717, 1.165) is 35.1 Å². The first-order valence-electron chi connectivity index (χ1n) is 10.2. The van der Waals surface area contributed by atoms with Crippen LogP contribution in [0.25, 0.3) is 0 Å². The second kappa shape index (κ2) is 9.76. The van der Waals surface area contributed by atoms with Crippen molar-refractivity contribution < 1.29 is 4.39 Å². The van der Waals surface area contributed by atoms with Crippen LogP contribution in [0.4, 0.5) is 4.39 Å². The largest absolute Gasteiger partial charge is 0.251 e. The Labute approximate surface area is 157 Å². The molecule has 0 aromatic heterocycles. The fourth-order valence-corrected chi connectivity index (χ4v) is 5.08. The molecule has 1 aromatic carbocycles. The van der Waals surface area contributed by atoms with Gasteiger partial charge in [-0.1, -0.05) is 35.9 Å². The van der Waals surface area contributed by atoms with Crippen molar-refractivity contribution in [2.45, 2.75) is 70.1 Å². The summed E-state index contributed by atoms with van der Waals surface area (Å²) in [5.74, 6) is 3.38. The zero-order valence-electron chi connectivity index (χ0n) is 15.3. The average molecular weight is 363 g/mol. The lowest BCUT2D eigenvalue weighted by molar-refractivity contribution is 0.171. The molecule has 0 radical (unpaired) electrons. The Morgan fingerprint density at radius 2 is 1.48 bits per heavy atom. The van der Waals surface area contributed by atoms with Crippen LogP contribution in [0, 0.1) is 17.8 Å². The average Bonchev–Trinajstić information content (AvgIpc) is 2.67. The highest BCUT2D eigenvalue weighted by molar-refractivity contribution is 6.30. The lowest BCUT2D eigenvalue weighted by Crippen LogP contribution is -2.25. The lowest BCUT2D eigenvalue weighted by atomic mass is 9.68. The second-order valence-corrected chi connectivity index (χ2v) is 8.53. The first-order chi connectivity index (χ1) is 12.3. The van der Waals surface area contributed by atoms with Crippen LogP contribution in [0.5, 0.6) is 0 Å². The van der Waals surface area contributed by atoms with Crippen molar-refractivity contribution in [2.75, 3.05) is 6.67 Å². The number of hydrogen-bond acceptors (Lipinski definition) is 0. The lowest BCUT2D eigenvalue weighted by Gasteiger charge is -2.37. The van der Waals surface area contributed by atoms with Crippen LogP contribution in [0.2, 0.25) is 5.02 Å². The van der Waals surface area contributed by atoms with Crippen molar-refractivity contribution in [3.63, 3.8) is 0 Å². The Kier molecular flexibility index (Phi) is 7.40. The molecule has 25 heavy (non-hydrogen) atoms. The molecule has 0 bridgehead atoms. The highest BCUT2D eigenvalue weighted by atomic mass is 35.5. The molecule has 0 unspecified atom stereocenters. The van der Waals surface area contributed by atoms with Gasteiger partial charge in [-0.05, 0) is 106 Å². The van der Waals surface area contributed by atoms with E-state index in [1.165, 1.54) is 56.9 Å². The number of benzene rings is 1. The Morgan fingerprint density at radius 1 is 0.880 bits per heavy atom. The summed E-state index contributed by atoms with van der Waals surface area (Å²) in [4.78, 5) is 0. The smallest absolute Gasteiger partial charge is 0.0897 e. The van der Waals surface area contributed by atoms with Gasteiger partial charge in [0, 0.05) is 5.02 Å². The van der Waals surface area contributed by atoms with Gasteiger partial charge in [0.05, 0.1) is 6.67 Å². The molecule has 2 aliphatic rings. The number of halogens is 2. The predicted octanol–water partition coefficient (Wildman–Crippen LogP) is 7.73. The number of allylic oxidation sites excluding steroid dienone is 2. The molecule has 0 aliphatic heterocycles. The minimum absolute atomic E-state index is 0.185. The molecule has 2 heteroatoms. The van der Waals surface area contributed by atoms with Gasteiger partial charge < -0.3 is 0 Å². The Hall–Kier alpha value is -0.820. The number of unbranched alkanes of at least 4 members (excludes halogenated alkanes) is 1. The van der Waals surface area contributed by atoms with Crippen molar-refractivity contribution in [1.82, 2.24) is 0 Å². The van der Waals surface area contributed by atoms with Gasteiger partial charge in [-0.15, -0.1) is 0 Å². The number of hydrogen-bond donors (Lipinski definition) is 0. The van der Waals surface area contributed by atoms with Crippen LogP contribution in [-0.4, -0.2) is 6.67 Å². The molecule has 2 saturated carbocycles. The molecule has 0 amide bonds. The summed E-state index contributed by atoms with van der Waals surface area (Å²) in [5, 5.41) is 0.841. The van der Waals surface area contributed by atoms with Gasteiger partial charge in [-0.2, -0.15) is 0 Å². The van der Waals surface area contributed by atoms with Crippen LogP contribution in [0.15, 0.2) is 36.4 Å². The molecule has 3 rings (SSSR count). The summed E-state index contributed by atoms with van der Waals surface area (Å²) in [6, 6.07) is 8.50. The summed E-state index contributed by atoms with van der Waals surface area (Å²) in [7, 11) is 0. The molecule has 0 N–H and O–H groups in total. The SMILES string of the molecule is FCCCC=C[C@H]1CC[C@H]([C@H]2CC[C@H](c3ccc(Cl)cc3)CC2)CC1. The van der Waals surface area contributed by atoms with Gasteiger partial charge in [0.2, 0.25) is 0 Å². The van der Waals surface area contributed by atoms with Crippen molar-refractivity contribution >= 4 is 11.6 Å². The maximum Gasteiger partial charge on any atom is 0.0897 e.